The van der Waals surface area contributed by atoms with Crippen LogP contribution in [-0.4, -0.2) is 369 Å². The number of aromatic amines is 5. The van der Waals surface area contributed by atoms with Gasteiger partial charge in [0.1, 0.15) is 83.1 Å². The minimum Gasteiger partial charge on any atom is -0.387 e. The number of H-pyrrole nitrogens is 5. The van der Waals surface area contributed by atoms with Crippen LogP contribution in [0.4, 0.5) is 4.39 Å². The van der Waals surface area contributed by atoms with Gasteiger partial charge in [-0.05, 0) is 178 Å². The summed E-state index contributed by atoms with van der Waals surface area (Å²) < 4.78 is 57.6. The van der Waals surface area contributed by atoms with Gasteiger partial charge in [0, 0.05) is 0 Å². The SMILES string of the molecule is C=P(C)(C)CC[C@@]1(C)OC(n2cnc3c(=O)[nH]c(C)nc32)[C@H](O)[C@@H]1O.C=P(C)(C)CC[C@@]12CO[C@@H](C(n3cnc4c(=O)[nH]c(C)nc43)O1)[C@@H]2O.C=P(C)(C)CC[C@H]1OC(n2cnc3c(=O)[nH]c(C)nc32)C(O)(O)[C@@H]1O.C=P(C)(C)CC[C@H]1OC(n2cnc3c(=O)[nH]c(C)nc32)[C@H](F)[C@@H]1O.C=P(C)(C)CC[C@H]1OC(n2cnc3c(=O)[nH]c(C)nc32)[C@](C)(O)[C@@H]1O. The fraction of sp³-hybridized carbons (Fsp3) is 0.615. The number of hydrogen-bond acceptors (Lipinski definition) is 30. The Labute approximate surface area is 712 Å². The standard InChI is InChI=1S/C16H23N4O4P.2C16H25N4O4P.C15H22FN4O3P.C15H23N4O5P/c1-9-18-13-10(14(22)19-9)17-8-20(13)15-11-12(21)16(24-15,7-23-11)5-6-25(2,3)4;1-9-18-13-10(14(23)19-9)17-8-20(13)15-11(21)12(22)16(2,24-15)6-7-25(3,4)5;1-9-18-13-11(14(22)19-9)17-8-20(13)15-16(2,23)12(21)10(24-15)6-7-25(3,4)5;1-8-18-13-11(14(22)19-8)17-7-20(13)15-10(16)12(21)9(23-15)5-6-24(2,3)4;1-8-17-12-10(13(21)18-8)16-7-19(12)14-15(22,23)11(20)9(24-14)5-6-25(2,3)4/h8,11-12,15,21H,2,5-7H2,1,3-4H3,(H,18,19,22);8,11-12,15,21-22H,3,6-7H2,1-2,4-5H3,(H,18,19,23);8,10,12,15,21,23H,3,6-7H2,1-2,4-5H3,(H,18,19,22);7,9-10,12,15,21H,2,5-6H2,1,3-4H3,(H,18,19,22);7,9,11,14,20,22-23H,2,5-6H2,1,3-4H3,(H,17,18,21)/t11-,12+,15?,16+;11-,12+,15?,16-;10-,12-,15?,16-;9-,10-,12-,15?;9-,11-,14?/m11111/s1. The molecule has 40 nitrogen and oxygen atoms in total. The molecular weight excluding hydrogens is 1710 g/mol. The lowest BCUT2D eigenvalue weighted by atomic mass is 9.95. The summed E-state index contributed by atoms with van der Waals surface area (Å²) in [6.07, 6.45) is 19.5. The van der Waals surface area contributed by atoms with Crippen molar-refractivity contribution in [3.05, 3.63) is 113 Å². The number of aliphatic hydroxyl groups excluding tert-OH is 6. The van der Waals surface area contributed by atoms with E-state index in [0.29, 0.717) is 84.8 Å². The summed E-state index contributed by atoms with van der Waals surface area (Å²) >= 11 is 0. The maximum absolute atomic E-state index is 14.6. The van der Waals surface area contributed by atoms with Crippen LogP contribution in [-0.2, 0) is 28.4 Å². The van der Waals surface area contributed by atoms with Gasteiger partial charge in [-0.25, -0.2) is 54.2 Å². The molecule has 124 heavy (non-hydrogen) atoms. The molecule has 0 aromatic carbocycles. The average Bonchev–Trinajstić information content (AvgIpc) is 1.58. The minimum absolute atomic E-state index is 0.0627. The lowest BCUT2D eigenvalue weighted by molar-refractivity contribution is -0.247. The van der Waals surface area contributed by atoms with Crippen LogP contribution in [0.5, 0.6) is 0 Å². The molecule has 2 bridgehead atoms. The van der Waals surface area contributed by atoms with Gasteiger partial charge in [-0.2, -0.15) is 0 Å². The van der Waals surface area contributed by atoms with Gasteiger partial charge in [0.05, 0.1) is 62.2 Å². The predicted octanol–water partition coefficient (Wildman–Crippen LogP) is 2.22. The number of nitrogens with one attached hydrogen (secondary N) is 5. The Kier molecular flexibility index (Phi) is 27.4. The lowest BCUT2D eigenvalue weighted by Gasteiger charge is -2.32. The molecule has 0 saturated carbocycles. The zero-order valence-electron chi connectivity index (χ0n) is 72.8. The van der Waals surface area contributed by atoms with Crippen molar-refractivity contribution in [2.75, 3.05) is 104 Å². The van der Waals surface area contributed by atoms with E-state index in [1.807, 2.05) is 0 Å². The van der Waals surface area contributed by atoms with Crippen molar-refractivity contribution in [3.63, 3.8) is 0 Å². The van der Waals surface area contributed by atoms with E-state index >= 15 is 0 Å². The molecule has 10 aromatic heterocycles. The Balaban J connectivity index is 0.000000141. The molecule has 0 radical (unpaired) electrons. The van der Waals surface area contributed by atoms with E-state index in [9.17, 15) is 74.3 Å². The second-order valence-corrected chi connectivity index (χ2v) is 58.6. The topological polar surface area (TPSA) is 555 Å². The van der Waals surface area contributed by atoms with E-state index in [4.69, 9.17) is 28.4 Å². The van der Waals surface area contributed by atoms with Gasteiger partial charge in [-0.3, -0.25) is 46.8 Å². The number of alkyl halides is 1. The molecular formula is C78H118FN20O20P5. The highest BCUT2D eigenvalue weighted by Crippen LogP contribution is 2.52. The monoisotopic (exact) mass is 1830 g/mol. The van der Waals surface area contributed by atoms with Crippen molar-refractivity contribution in [3.8, 4) is 0 Å². The average molecular weight is 1830 g/mol. The quantitative estimate of drug-likeness (QED) is 0.0384. The van der Waals surface area contributed by atoms with Crippen LogP contribution < -0.4 is 27.8 Å². The van der Waals surface area contributed by atoms with Crippen LogP contribution in [0.2, 0.25) is 0 Å². The maximum atomic E-state index is 14.6. The predicted molar refractivity (Wildman–Crippen MR) is 483 cm³/mol. The van der Waals surface area contributed by atoms with Gasteiger partial charge >= 0.3 is 0 Å². The molecule has 16 heterocycles. The van der Waals surface area contributed by atoms with Gasteiger partial charge in [-0.1, -0.05) is 0 Å². The molecule has 6 aliphatic rings. The molecule has 0 aliphatic carbocycles. The van der Waals surface area contributed by atoms with E-state index in [1.165, 1.54) is 56.8 Å². The second-order valence-electron chi connectivity index (χ2n) is 37.0. The number of aryl methyl sites for hydroxylation is 5. The van der Waals surface area contributed by atoms with Crippen molar-refractivity contribution < 1.29 is 78.8 Å². The summed E-state index contributed by atoms with van der Waals surface area (Å²) in [4.78, 5) is 114. The summed E-state index contributed by atoms with van der Waals surface area (Å²) in [5.74, 6) is -0.374. The first kappa shape index (κ1) is 95.7. The number of halogens is 1. The molecule has 10 aromatic rings. The summed E-state index contributed by atoms with van der Waals surface area (Å²) in [6.45, 7) is 26.6. The lowest BCUT2D eigenvalue weighted by Crippen LogP contribution is -2.46. The van der Waals surface area contributed by atoms with Crippen LogP contribution in [0, 0.1) is 34.6 Å². The summed E-state index contributed by atoms with van der Waals surface area (Å²) in [7, 11) is 0. The number of aromatic nitrogens is 20. The van der Waals surface area contributed by atoms with E-state index < -0.39 is 161 Å². The molecule has 6 aliphatic heterocycles. The Hall–Kier alpha value is -7.42. The molecule has 6 fully saturated rings. The van der Waals surface area contributed by atoms with E-state index in [1.54, 1.807) is 46.1 Å². The van der Waals surface area contributed by atoms with Gasteiger partial charge in [0.25, 0.3) is 27.8 Å². The van der Waals surface area contributed by atoms with E-state index in [2.05, 4.69) is 173 Å². The third-order valence-corrected chi connectivity index (χ3v) is 29.9. The van der Waals surface area contributed by atoms with E-state index in [0.717, 1.165) is 30.8 Å². The molecule has 682 valence electrons. The van der Waals surface area contributed by atoms with Crippen molar-refractivity contribution in [2.45, 2.75) is 202 Å². The number of aliphatic hydroxyl groups is 9. The summed E-state index contributed by atoms with van der Waals surface area (Å²) in [5, 5.41) is 94.6. The normalized spacial score (nSPS) is 29.3. The first-order valence-electron chi connectivity index (χ1n) is 40.3. The minimum atomic E-state index is -2.53. The smallest absolute Gasteiger partial charge is 0.279 e. The van der Waals surface area contributed by atoms with Gasteiger partial charge < -0.3 is 99.3 Å². The Morgan fingerprint density at radius 3 is 1.15 bits per heavy atom. The number of hydrogen-bond donors (Lipinski definition) is 14. The number of rotatable bonds is 20. The third-order valence-electron chi connectivity index (χ3n) is 22.6. The second kappa shape index (κ2) is 35.6. The van der Waals surface area contributed by atoms with Crippen LogP contribution in [0.15, 0.2) is 55.6 Å². The van der Waals surface area contributed by atoms with Crippen molar-refractivity contribution in [1.29, 1.82) is 0 Å². The zero-order chi connectivity index (χ0) is 91.3. The maximum Gasteiger partial charge on any atom is 0.279 e. The number of nitrogens with zero attached hydrogens (tertiary/aromatic N) is 15. The van der Waals surface area contributed by atoms with Crippen molar-refractivity contribution in [1.82, 2.24) is 97.6 Å². The first-order valence-corrected chi connectivity index (χ1v) is 55.5. The summed E-state index contributed by atoms with van der Waals surface area (Å²) in [6, 6.07) is 0. The van der Waals surface area contributed by atoms with Crippen LogP contribution in [0.25, 0.3) is 55.8 Å². The fourth-order valence-corrected chi connectivity index (χ4v) is 20.5. The number of ether oxygens (including phenoxy) is 6. The van der Waals surface area contributed by atoms with Gasteiger partial charge in [0.2, 0.25) is 5.79 Å². The molecule has 0 spiro atoms. The molecule has 6 saturated heterocycles. The number of imidazole rings is 5. The molecule has 5 unspecified atom stereocenters. The first-order chi connectivity index (χ1) is 57.4. The molecule has 46 heteroatoms. The van der Waals surface area contributed by atoms with Crippen molar-refractivity contribution >= 4 is 122 Å². The van der Waals surface area contributed by atoms with Gasteiger partial charge in [-0.15, -0.1) is 65.9 Å². The Bertz CT molecular complexity index is 5960. The zero-order valence-corrected chi connectivity index (χ0v) is 77.2. The summed E-state index contributed by atoms with van der Waals surface area (Å²) in [5.41, 5.74) is -2.65. The fourth-order valence-electron chi connectivity index (χ4n) is 15.6. The third kappa shape index (κ3) is 20.3. The molecule has 14 N–H and O–H groups in total. The van der Waals surface area contributed by atoms with E-state index in [-0.39, 0.29) is 61.1 Å². The molecule has 0 amide bonds. The Morgan fingerprint density at radius 2 is 0.750 bits per heavy atom. The van der Waals surface area contributed by atoms with Gasteiger partial charge in [0.15, 0.2) is 93.1 Å². The highest BCUT2D eigenvalue weighted by atomic mass is 31.2. The van der Waals surface area contributed by atoms with Crippen LogP contribution in [0.3, 0.4) is 0 Å². The molecule has 16 rings (SSSR count). The highest BCUT2D eigenvalue weighted by molar-refractivity contribution is 7.73. The molecule has 19 atom stereocenters. The number of fused-ring (bicyclic) bond motifs is 7. The van der Waals surface area contributed by atoms with Crippen LogP contribution in [0.1, 0.15) is 106 Å². The largest absolute Gasteiger partial charge is 0.387 e. The van der Waals surface area contributed by atoms with Crippen molar-refractivity contribution in [2.24, 2.45) is 0 Å². The Morgan fingerprint density at radius 1 is 0.419 bits per heavy atom. The highest BCUT2D eigenvalue weighted by Gasteiger charge is 2.62. The van der Waals surface area contributed by atoms with Crippen LogP contribution >= 0.6 is 34.4 Å².